The molecule has 5 rings (SSSR count). The number of likely N-dealkylation sites (tertiary alicyclic amines) is 1. The molecule has 1 aliphatic heterocycles. The molecule has 11 heteroatoms. The summed E-state index contributed by atoms with van der Waals surface area (Å²) in [5.41, 5.74) is 4.35. The maximum absolute atomic E-state index is 12.0. The molecule has 0 radical (unpaired) electrons. The fraction of sp³-hybridized carbons (Fsp3) is 0.406. The summed E-state index contributed by atoms with van der Waals surface area (Å²) >= 11 is 6.62. The quantitative estimate of drug-likeness (QED) is 0.176. The minimum Gasteiger partial charge on any atom is -0.497 e. The number of aromatic amines is 1. The first-order valence-electron chi connectivity index (χ1n) is 14.7. The third kappa shape index (κ3) is 8.37. The average Bonchev–Trinajstić information content (AvgIpc) is 3.46. The number of H-pyrrole nitrogens is 1. The van der Waals surface area contributed by atoms with Gasteiger partial charge in [0, 0.05) is 37.8 Å². The van der Waals surface area contributed by atoms with Gasteiger partial charge in [0.15, 0.2) is 12.3 Å². The Balaban J connectivity index is 1.16. The zero-order chi connectivity index (χ0) is 30.2. The van der Waals surface area contributed by atoms with E-state index in [9.17, 15) is 4.79 Å². The van der Waals surface area contributed by atoms with Crippen molar-refractivity contribution >= 4 is 34.4 Å². The fourth-order valence-electron chi connectivity index (χ4n) is 5.03. The number of methoxy groups -OCH3 is 1. The fourth-order valence-corrected chi connectivity index (χ4v) is 5.23. The monoisotopic (exact) mass is 606 g/mol. The van der Waals surface area contributed by atoms with E-state index >= 15 is 0 Å². The van der Waals surface area contributed by atoms with E-state index in [1.54, 1.807) is 13.3 Å². The lowest BCUT2D eigenvalue weighted by Crippen LogP contribution is -2.38. The standard InChI is InChI=1S/C32H39ClN6O4/c1-21(2)42-17-14-34-28(40)20-43-26-10-6-23(7-11-26)31-37-30-29(27(33)18-35-32(30)38-31)36-24-12-15-39(16-13-24)19-22-4-8-25(41-3)9-5-22/h4-11,18,21,24H,12-17,19-20H2,1-3H3,(H,34,40)(H2,35,36,37,38). The van der Waals surface area contributed by atoms with E-state index in [4.69, 9.17) is 30.8 Å². The number of amides is 1. The number of nitrogens with one attached hydrogen (secondary N) is 3. The number of anilines is 1. The molecule has 228 valence electrons. The van der Waals surface area contributed by atoms with Crippen LogP contribution in [0.25, 0.3) is 22.6 Å². The zero-order valence-electron chi connectivity index (χ0n) is 24.9. The SMILES string of the molecule is COc1ccc(CN2CCC(Nc3c(Cl)cnc4nc(-c5ccc(OCC(=O)NCCOC(C)C)cc5)[nH]c34)CC2)cc1. The number of fused-ring (bicyclic) bond motifs is 1. The van der Waals surface area contributed by atoms with Crippen LogP contribution in [0.4, 0.5) is 5.69 Å². The van der Waals surface area contributed by atoms with Crippen LogP contribution < -0.4 is 20.1 Å². The molecular formula is C32H39ClN6O4. The third-order valence-corrected chi connectivity index (χ3v) is 7.63. The average molecular weight is 607 g/mol. The van der Waals surface area contributed by atoms with Gasteiger partial charge in [-0.1, -0.05) is 23.7 Å². The summed E-state index contributed by atoms with van der Waals surface area (Å²) in [7, 11) is 1.69. The van der Waals surface area contributed by atoms with Gasteiger partial charge in [-0.2, -0.15) is 0 Å². The van der Waals surface area contributed by atoms with Gasteiger partial charge in [0.05, 0.1) is 36.7 Å². The Hall–Kier alpha value is -3.86. The normalized spacial score (nSPS) is 14.3. The van der Waals surface area contributed by atoms with Gasteiger partial charge >= 0.3 is 0 Å². The van der Waals surface area contributed by atoms with Crippen molar-refractivity contribution in [1.29, 1.82) is 0 Å². The molecule has 0 aliphatic carbocycles. The lowest BCUT2D eigenvalue weighted by Gasteiger charge is -2.33. The number of imidazole rings is 1. The summed E-state index contributed by atoms with van der Waals surface area (Å²) in [5, 5.41) is 7.00. The largest absolute Gasteiger partial charge is 0.497 e. The highest BCUT2D eigenvalue weighted by atomic mass is 35.5. The smallest absolute Gasteiger partial charge is 0.258 e. The van der Waals surface area contributed by atoms with Crippen LogP contribution in [-0.2, 0) is 16.1 Å². The van der Waals surface area contributed by atoms with Gasteiger partial charge in [-0.25, -0.2) is 9.97 Å². The number of aromatic nitrogens is 3. The van der Waals surface area contributed by atoms with E-state index in [0.717, 1.165) is 55.0 Å². The highest BCUT2D eigenvalue weighted by molar-refractivity contribution is 6.34. The first kappa shape index (κ1) is 30.6. The predicted molar refractivity (Wildman–Crippen MR) is 169 cm³/mol. The number of carbonyl (C=O) groups is 1. The van der Waals surface area contributed by atoms with Gasteiger partial charge in [0.1, 0.15) is 22.8 Å². The highest BCUT2D eigenvalue weighted by Crippen LogP contribution is 2.32. The summed E-state index contributed by atoms with van der Waals surface area (Å²) in [6.07, 6.45) is 3.78. The molecule has 3 heterocycles. The van der Waals surface area contributed by atoms with Crippen molar-refractivity contribution in [1.82, 2.24) is 25.2 Å². The number of piperidine rings is 1. The molecule has 1 fully saturated rings. The summed E-state index contributed by atoms with van der Waals surface area (Å²) in [6.45, 7) is 7.67. The van der Waals surface area contributed by atoms with Crippen LogP contribution in [0.5, 0.6) is 11.5 Å². The number of pyridine rings is 1. The van der Waals surface area contributed by atoms with Crippen molar-refractivity contribution in [2.24, 2.45) is 0 Å². The number of rotatable bonds is 13. The van der Waals surface area contributed by atoms with E-state index < -0.39 is 0 Å². The number of nitrogens with zero attached hydrogens (tertiary/aromatic N) is 3. The second-order valence-electron chi connectivity index (χ2n) is 10.9. The molecule has 0 atom stereocenters. The minimum absolute atomic E-state index is 0.0660. The molecule has 0 bridgehead atoms. The van der Waals surface area contributed by atoms with Gasteiger partial charge in [-0.15, -0.1) is 0 Å². The van der Waals surface area contributed by atoms with E-state index in [1.165, 1.54) is 5.56 Å². The number of benzene rings is 2. The number of halogens is 1. The molecule has 3 N–H and O–H groups in total. The second-order valence-corrected chi connectivity index (χ2v) is 11.3. The topological polar surface area (TPSA) is 114 Å². The Kier molecular flexibility index (Phi) is 10.3. The maximum atomic E-state index is 12.0. The Morgan fingerprint density at radius 2 is 1.81 bits per heavy atom. The Morgan fingerprint density at radius 3 is 2.51 bits per heavy atom. The minimum atomic E-state index is -0.195. The van der Waals surface area contributed by atoms with Gasteiger partial charge < -0.3 is 29.8 Å². The number of hydrogen-bond acceptors (Lipinski definition) is 8. The summed E-state index contributed by atoms with van der Waals surface area (Å²) in [4.78, 5) is 27.1. The first-order valence-corrected chi connectivity index (χ1v) is 15.0. The van der Waals surface area contributed by atoms with Crippen LogP contribution in [0.15, 0.2) is 54.7 Å². The van der Waals surface area contributed by atoms with Crippen LogP contribution in [-0.4, -0.2) is 77.9 Å². The zero-order valence-corrected chi connectivity index (χ0v) is 25.6. The molecule has 2 aromatic heterocycles. The van der Waals surface area contributed by atoms with Crippen molar-refractivity contribution in [3.05, 3.63) is 65.3 Å². The van der Waals surface area contributed by atoms with Crippen molar-refractivity contribution in [2.45, 2.75) is 45.4 Å². The van der Waals surface area contributed by atoms with E-state index in [0.29, 0.717) is 41.4 Å². The molecule has 43 heavy (non-hydrogen) atoms. The van der Waals surface area contributed by atoms with Crippen molar-refractivity contribution in [3.8, 4) is 22.9 Å². The van der Waals surface area contributed by atoms with E-state index in [1.807, 2.05) is 50.2 Å². The highest BCUT2D eigenvalue weighted by Gasteiger charge is 2.22. The lowest BCUT2D eigenvalue weighted by atomic mass is 10.0. The van der Waals surface area contributed by atoms with Crippen LogP contribution in [0.2, 0.25) is 5.02 Å². The van der Waals surface area contributed by atoms with Crippen LogP contribution in [0, 0.1) is 0 Å². The van der Waals surface area contributed by atoms with Crippen LogP contribution in [0.1, 0.15) is 32.3 Å². The van der Waals surface area contributed by atoms with Crippen molar-refractivity contribution in [2.75, 3.05) is 45.3 Å². The van der Waals surface area contributed by atoms with Crippen molar-refractivity contribution in [3.63, 3.8) is 0 Å². The molecule has 1 saturated heterocycles. The summed E-state index contributed by atoms with van der Waals surface area (Å²) in [5.74, 6) is 1.95. The molecule has 10 nitrogen and oxygen atoms in total. The molecule has 1 amide bonds. The maximum Gasteiger partial charge on any atom is 0.258 e. The van der Waals surface area contributed by atoms with E-state index in [-0.39, 0.29) is 18.6 Å². The predicted octanol–water partition coefficient (Wildman–Crippen LogP) is 5.28. The molecule has 0 saturated carbocycles. The Bertz CT molecular complexity index is 1480. The van der Waals surface area contributed by atoms with E-state index in [2.05, 4.69) is 37.6 Å². The van der Waals surface area contributed by atoms with Gasteiger partial charge in [0.2, 0.25) is 0 Å². The van der Waals surface area contributed by atoms with Crippen LogP contribution >= 0.6 is 11.6 Å². The molecule has 2 aromatic carbocycles. The second kappa shape index (κ2) is 14.5. The number of hydrogen-bond donors (Lipinski definition) is 3. The molecule has 4 aromatic rings. The van der Waals surface area contributed by atoms with Gasteiger partial charge in [-0.05, 0) is 68.7 Å². The number of ether oxygens (including phenoxy) is 3. The molecular weight excluding hydrogens is 568 g/mol. The first-order chi connectivity index (χ1) is 20.9. The molecule has 0 spiro atoms. The van der Waals surface area contributed by atoms with Gasteiger partial charge in [0.25, 0.3) is 5.91 Å². The Labute approximate surface area is 257 Å². The van der Waals surface area contributed by atoms with Crippen molar-refractivity contribution < 1.29 is 19.0 Å². The van der Waals surface area contributed by atoms with Crippen LogP contribution in [0.3, 0.4) is 0 Å². The van der Waals surface area contributed by atoms with Gasteiger partial charge in [-0.3, -0.25) is 9.69 Å². The number of carbonyl (C=O) groups excluding carboxylic acids is 1. The summed E-state index contributed by atoms with van der Waals surface area (Å²) in [6, 6.07) is 16.0. The molecule has 1 aliphatic rings. The Morgan fingerprint density at radius 1 is 1.09 bits per heavy atom. The summed E-state index contributed by atoms with van der Waals surface area (Å²) < 4.78 is 16.3. The third-order valence-electron chi connectivity index (χ3n) is 7.35. The molecule has 0 unspecified atom stereocenters. The lowest BCUT2D eigenvalue weighted by molar-refractivity contribution is -0.123.